The number of hydrogen-bond donors (Lipinski definition) is 2. The number of esters is 1. The second-order valence-electron chi connectivity index (χ2n) is 5.73. The molecule has 0 aliphatic carbocycles. The Balaban J connectivity index is 1.96. The van der Waals surface area contributed by atoms with Gasteiger partial charge in [0.1, 0.15) is 4.88 Å². The van der Waals surface area contributed by atoms with Gasteiger partial charge in [-0.05, 0) is 38.1 Å². The molecule has 0 fully saturated rings. The summed E-state index contributed by atoms with van der Waals surface area (Å²) in [5.41, 5.74) is 4.64. The molecule has 0 aliphatic heterocycles. The molecule has 0 bridgehead atoms. The third kappa shape index (κ3) is 4.66. The van der Waals surface area contributed by atoms with Crippen LogP contribution in [0, 0.1) is 6.92 Å². The first-order valence-electron chi connectivity index (χ1n) is 8.71. The fraction of sp³-hybridized carbons (Fsp3) is 0.150. The molecule has 144 valence electrons. The first-order chi connectivity index (χ1) is 13.6. The largest absolute Gasteiger partial charge is 0.462 e. The molecule has 0 aliphatic rings. The van der Waals surface area contributed by atoms with Gasteiger partial charge >= 0.3 is 12.0 Å². The number of thiazole rings is 1. The number of nitrogens with zero attached hydrogens (tertiary/aromatic N) is 2. The van der Waals surface area contributed by atoms with Crippen LogP contribution in [0.1, 0.15) is 22.3 Å². The van der Waals surface area contributed by atoms with Crippen LogP contribution in [0.4, 0.5) is 16.2 Å². The van der Waals surface area contributed by atoms with Crippen LogP contribution in [0.3, 0.4) is 0 Å². The number of ether oxygens (including phenoxy) is 1. The van der Waals surface area contributed by atoms with Crippen molar-refractivity contribution in [1.29, 1.82) is 0 Å². The maximum Gasteiger partial charge on any atom is 0.350 e. The summed E-state index contributed by atoms with van der Waals surface area (Å²) in [7, 11) is 0. The highest BCUT2D eigenvalue weighted by Crippen LogP contribution is 2.15. The third-order valence-electron chi connectivity index (χ3n) is 3.74. The van der Waals surface area contributed by atoms with E-state index in [1.165, 1.54) is 4.68 Å². The summed E-state index contributed by atoms with van der Waals surface area (Å²) in [4.78, 5) is 30.1. The van der Waals surface area contributed by atoms with Gasteiger partial charge in [0.15, 0.2) is 0 Å². The van der Waals surface area contributed by atoms with Crippen LogP contribution in [-0.4, -0.2) is 23.3 Å². The van der Waals surface area contributed by atoms with E-state index in [9.17, 15) is 9.59 Å². The number of nitrogens with one attached hydrogen (secondary N) is 2. The van der Waals surface area contributed by atoms with Gasteiger partial charge in [-0.15, -0.1) is 0 Å². The molecule has 2 aromatic carbocycles. The van der Waals surface area contributed by atoms with E-state index >= 15 is 0 Å². The number of hydrogen-bond acceptors (Lipinski definition) is 5. The first-order valence-corrected chi connectivity index (χ1v) is 9.52. The Morgan fingerprint density at radius 1 is 1.07 bits per heavy atom. The van der Waals surface area contributed by atoms with Gasteiger partial charge in [0.2, 0.25) is 4.80 Å². The lowest BCUT2D eigenvalue weighted by Crippen LogP contribution is -2.34. The van der Waals surface area contributed by atoms with Crippen LogP contribution in [-0.2, 0) is 4.74 Å². The number of para-hydroxylation sites is 2. The predicted octanol–water partition coefficient (Wildman–Crippen LogP) is 4.04. The van der Waals surface area contributed by atoms with Crippen molar-refractivity contribution < 1.29 is 14.3 Å². The minimum absolute atomic E-state index is 0.267. The van der Waals surface area contributed by atoms with E-state index in [-0.39, 0.29) is 6.61 Å². The van der Waals surface area contributed by atoms with Crippen LogP contribution in [0.25, 0.3) is 0 Å². The summed E-state index contributed by atoms with van der Waals surface area (Å²) in [6.45, 7) is 3.74. The van der Waals surface area contributed by atoms with Gasteiger partial charge < -0.3 is 10.1 Å². The molecule has 0 saturated carbocycles. The highest BCUT2D eigenvalue weighted by Gasteiger charge is 2.19. The zero-order chi connectivity index (χ0) is 19.9. The molecule has 0 saturated heterocycles. The lowest BCUT2D eigenvalue weighted by molar-refractivity contribution is 0.0530. The summed E-state index contributed by atoms with van der Waals surface area (Å²) in [5, 5.41) is 2.75. The summed E-state index contributed by atoms with van der Waals surface area (Å²) < 4.78 is 6.60. The number of urea groups is 1. The van der Waals surface area contributed by atoms with Crippen molar-refractivity contribution in [3.63, 3.8) is 0 Å². The maximum absolute atomic E-state index is 12.4. The minimum Gasteiger partial charge on any atom is -0.462 e. The fourth-order valence-corrected chi connectivity index (χ4v) is 3.43. The van der Waals surface area contributed by atoms with Crippen molar-refractivity contribution in [1.82, 2.24) is 4.68 Å². The first kappa shape index (κ1) is 19.4. The summed E-state index contributed by atoms with van der Waals surface area (Å²) in [6.07, 6.45) is 0. The number of benzene rings is 2. The average Bonchev–Trinajstić information content (AvgIpc) is 2.99. The number of anilines is 1. The molecule has 28 heavy (non-hydrogen) atoms. The Labute approximate surface area is 166 Å². The Hall–Kier alpha value is -3.39. The molecular weight excluding hydrogens is 376 g/mol. The van der Waals surface area contributed by atoms with E-state index in [0.29, 0.717) is 26.7 Å². The molecule has 1 heterocycles. The van der Waals surface area contributed by atoms with E-state index in [1.807, 2.05) is 48.5 Å². The second-order valence-corrected chi connectivity index (χ2v) is 6.71. The third-order valence-corrected chi connectivity index (χ3v) is 4.86. The predicted molar refractivity (Wildman–Crippen MR) is 109 cm³/mol. The van der Waals surface area contributed by atoms with Crippen molar-refractivity contribution in [2.24, 2.45) is 4.99 Å². The van der Waals surface area contributed by atoms with Gasteiger partial charge in [0.05, 0.1) is 18.0 Å². The lowest BCUT2D eigenvalue weighted by atomic mass is 10.3. The Morgan fingerprint density at radius 3 is 2.36 bits per heavy atom. The number of rotatable bonds is 5. The number of carbonyl (C=O) groups is 2. The maximum atomic E-state index is 12.4. The monoisotopic (exact) mass is 396 g/mol. The molecule has 0 radical (unpaired) electrons. The summed E-state index contributed by atoms with van der Waals surface area (Å²) >= 11 is 1.16. The molecule has 8 heteroatoms. The summed E-state index contributed by atoms with van der Waals surface area (Å²) in [5.74, 6) is -0.446. The molecule has 0 spiro atoms. The molecule has 2 amide bonds. The standard InChI is InChI=1S/C20H20N4O3S/c1-3-27-18(25)17-14(2)24(20(28-17)22-16-12-8-5-9-13-16)23-19(26)21-15-10-6-4-7-11-15/h4-13H,3H2,1-2H3,(H2,21,23,26). The van der Waals surface area contributed by atoms with Crippen molar-refractivity contribution in [2.45, 2.75) is 13.8 Å². The van der Waals surface area contributed by atoms with E-state index in [2.05, 4.69) is 15.7 Å². The van der Waals surface area contributed by atoms with Crippen molar-refractivity contribution in [3.8, 4) is 0 Å². The highest BCUT2D eigenvalue weighted by molar-refractivity contribution is 7.11. The molecular formula is C20H20N4O3S. The Bertz CT molecular complexity index is 1030. The van der Waals surface area contributed by atoms with Crippen LogP contribution >= 0.6 is 11.3 Å². The summed E-state index contributed by atoms with van der Waals surface area (Å²) in [6, 6.07) is 17.9. The normalized spacial score (nSPS) is 11.1. The SMILES string of the molecule is CCOC(=O)c1sc(=Nc2ccccc2)n(NC(=O)Nc2ccccc2)c1C. The van der Waals surface area contributed by atoms with Gasteiger partial charge in [0, 0.05) is 5.69 Å². The molecule has 0 unspecified atom stereocenters. The number of carbonyl (C=O) groups excluding carboxylic acids is 2. The van der Waals surface area contributed by atoms with Crippen molar-refractivity contribution in [2.75, 3.05) is 17.3 Å². The molecule has 7 nitrogen and oxygen atoms in total. The molecule has 3 rings (SSSR count). The van der Waals surface area contributed by atoms with Gasteiger partial charge in [-0.2, -0.15) is 0 Å². The van der Waals surface area contributed by atoms with Gasteiger partial charge in [0.25, 0.3) is 0 Å². The van der Waals surface area contributed by atoms with Crippen molar-refractivity contribution in [3.05, 3.63) is 76.0 Å². The molecule has 0 atom stereocenters. The van der Waals surface area contributed by atoms with E-state index in [4.69, 9.17) is 4.74 Å². The Kier molecular flexibility index (Phi) is 6.23. The number of amides is 2. The van der Waals surface area contributed by atoms with Crippen LogP contribution < -0.4 is 15.5 Å². The van der Waals surface area contributed by atoms with Crippen LogP contribution in [0.15, 0.2) is 65.7 Å². The fourth-order valence-electron chi connectivity index (χ4n) is 2.44. The van der Waals surface area contributed by atoms with Crippen LogP contribution in [0.2, 0.25) is 0 Å². The lowest BCUT2D eigenvalue weighted by Gasteiger charge is -2.10. The zero-order valence-electron chi connectivity index (χ0n) is 15.5. The molecule has 2 N–H and O–H groups in total. The van der Waals surface area contributed by atoms with E-state index in [0.717, 1.165) is 11.3 Å². The number of aromatic nitrogens is 1. The average molecular weight is 396 g/mol. The van der Waals surface area contributed by atoms with E-state index in [1.54, 1.807) is 26.0 Å². The smallest absolute Gasteiger partial charge is 0.350 e. The molecule has 1 aromatic heterocycles. The minimum atomic E-state index is -0.447. The van der Waals surface area contributed by atoms with Crippen molar-refractivity contribution >= 4 is 34.7 Å². The van der Waals surface area contributed by atoms with Gasteiger partial charge in [-0.25, -0.2) is 24.7 Å². The van der Waals surface area contributed by atoms with Crippen LogP contribution in [0.5, 0.6) is 0 Å². The topological polar surface area (TPSA) is 84.7 Å². The zero-order valence-corrected chi connectivity index (χ0v) is 16.3. The van der Waals surface area contributed by atoms with Gasteiger partial charge in [-0.3, -0.25) is 0 Å². The van der Waals surface area contributed by atoms with Gasteiger partial charge in [-0.1, -0.05) is 47.7 Å². The molecule has 3 aromatic rings. The van der Waals surface area contributed by atoms with E-state index < -0.39 is 12.0 Å². The second kappa shape index (κ2) is 9.01. The highest BCUT2D eigenvalue weighted by atomic mass is 32.1. The quantitative estimate of drug-likeness (QED) is 0.638. The Morgan fingerprint density at radius 2 is 1.71 bits per heavy atom.